The molecule has 1 aromatic heterocycles. The van der Waals surface area contributed by atoms with Gasteiger partial charge in [-0.15, -0.1) is 0 Å². The normalized spacial score (nSPS) is 17.0. The van der Waals surface area contributed by atoms with Crippen molar-refractivity contribution in [3.8, 4) is 17.2 Å². The van der Waals surface area contributed by atoms with Gasteiger partial charge in [0.1, 0.15) is 17.6 Å². The van der Waals surface area contributed by atoms with Gasteiger partial charge >= 0.3 is 12.1 Å². The molecule has 206 valence electrons. The standard InChI is InChI=1S/C30H25F3N2O5/c1-18-25(34-27(40-18)20-8-3-2-4-9-20)13-14-39-23-12-5-7-19(15-23)16-24-26(29(37)38)35(28(24)36)22-11-6-10-21(17-22)30(31,32)33/h2-12,15,17,24,26H,13-14,16H2,1H3,(H,37,38)/t24-,26+/m0/s1. The Hall–Kier alpha value is -4.60. The average molecular weight is 551 g/mol. The van der Waals surface area contributed by atoms with Crippen LogP contribution in [0.5, 0.6) is 5.75 Å². The van der Waals surface area contributed by atoms with Crippen molar-refractivity contribution in [2.24, 2.45) is 5.92 Å². The van der Waals surface area contributed by atoms with Crippen molar-refractivity contribution in [1.82, 2.24) is 4.98 Å². The molecule has 0 saturated carbocycles. The molecule has 2 heterocycles. The summed E-state index contributed by atoms with van der Waals surface area (Å²) >= 11 is 0. The SMILES string of the molecule is Cc1oc(-c2ccccc2)nc1CCOc1cccc(C[C@@H]2C(=O)N(c3cccc(C(F)(F)F)c3)[C@H]2C(=O)O)c1. The molecule has 0 radical (unpaired) electrons. The van der Waals surface area contributed by atoms with Gasteiger partial charge in [-0.25, -0.2) is 9.78 Å². The summed E-state index contributed by atoms with van der Waals surface area (Å²) in [7, 11) is 0. The van der Waals surface area contributed by atoms with Crippen molar-refractivity contribution < 1.29 is 37.0 Å². The lowest BCUT2D eigenvalue weighted by Gasteiger charge is -2.44. The van der Waals surface area contributed by atoms with Gasteiger partial charge in [-0.2, -0.15) is 13.2 Å². The molecule has 40 heavy (non-hydrogen) atoms. The lowest BCUT2D eigenvalue weighted by Crippen LogP contribution is -2.65. The molecule has 3 aromatic carbocycles. The van der Waals surface area contributed by atoms with Crippen molar-refractivity contribution in [3.05, 3.63) is 101 Å². The number of anilines is 1. The number of amides is 1. The van der Waals surface area contributed by atoms with E-state index in [1.165, 1.54) is 6.07 Å². The summed E-state index contributed by atoms with van der Waals surface area (Å²) in [5.41, 5.74) is 1.28. The first-order valence-corrected chi connectivity index (χ1v) is 12.6. The number of alkyl halides is 3. The van der Waals surface area contributed by atoms with E-state index in [4.69, 9.17) is 9.15 Å². The summed E-state index contributed by atoms with van der Waals surface area (Å²) < 4.78 is 51.1. The number of hydrogen-bond donors (Lipinski definition) is 1. The molecule has 1 N–H and O–H groups in total. The lowest BCUT2D eigenvalue weighted by molar-refractivity contribution is -0.149. The second-order valence-electron chi connectivity index (χ2n) is 9.48. The number of β-lactam (4-membered cyclic amide) rings is 1. The van der Waals surface area contributed by atoms with Gasteiger partial charge in [-0.1, -0.05) is 36.4 Å². The Kier molecular flexibility index (Phi) is 7.34. The van der Waals surface area contributed by atoms with Gasteiger partial charge in [0.25, 0.3) is 0 Å². The van der Waals surface area contributed by atoms with Gasteiger partial charge in [-0.3, -0.25) is 9.69 Å². The number of rotatable bonds is 9. The number of hydrogen-bond acceptors (Lipinski definition) is 5. The number of ether oxygens (including phenoxy) is 1. The molecule has 2 atom stereocenters. The maximum atomic E-state index is 13.1. The zero-order valence-corrected chi connectivity index (χ0v) is 21.4. The monoisotopic (exact) mass is 550 g/mol. The third-order valence-electron chi connectivity index (χ3n) is 6.79. The average Bonchev–Trinajstić information content (AvgIpc) is 3.30. The molecule has 1 amide bonds. The molecule has 4 aromatic rings. The minimum atomic E-state index is -4.61. The predicted octanol–water partition coefficient (Wildman–Crippen LogP) is 5.95. The van der Waals surface area contributed by atoms with E-state index >= 15 is 0 Å². The number of aromatic nitrogens is 1. The predicted molar refractivity (Wildman–Crippen MR) is 140 cm³/mol. The zero-order chi connectivity index (χ0) is 28.4. The highest BCUT2D eigenvalue weighted by molar-refractivity contribution is 6.10. The van der Waals surface area contributed by atoms with Crippen LogP contribution in [0.3, 0.4) is 0 Å². The molecule has 0 spiro atoms. The van der Waals surface area contributed by atoms with Crippen molar-refractivity contribution in [3.63, 3.8) is 0 Å². The van der Waals surface area contributed by atoms with Gasteiger partial charge in [0, 0.05) is 17.7 Å². The topological polar surface area (TPSA) is 92.9 Å². The van der Waals surface area contributed by atoms with E-state index in [2.05, 4.69) is 4.98 Å². The van der Waals surface area contributed by atoms with E-state index in [1.807, 2.05) is 37.3 Å². The first-order chi connectivity index (χ1) is 19.1. The van der Waals surface area contributed by atoms with Crippen LogP contribution in [0.1, 0.15) is 22.6 Å². The van der Waals surface area contributed by atoms with Crippen LogP contribution in [0.2, 0.25) is 0 Å². The van der Waals surface area contributed by atoms with Crippen LogP contribution < -0.4 is 9.64 Å². The number of carbonyl (C=O) groups is 2. The largest absolute Gasteiger partial charge is 0.493 e. The Labute approximate surface area is 227 Å². The molecule has 0 bridgehead atoms. The maximum Gasteiger partial charge on any atom is 0.416 e. The number of benzene rings is 3. The van der Waals surface area contributed by atoms with Gasteiger partial charge in [-0.05, 0) is 61.4 Å². The molecule has 0 aliphatic carbocycles. The molecule has 5 rings (SSSR count). The maximum absolute atomic E-state index is 13.1. The first-order valence-electron chi connectivity index (χ1n) is 12.6. The second kappa shape index (κ2) is 10.9. The summed E-state index contributed by atoms with van der Waals surface area (Å²) in [6.45, 7) is 2.15. The Bertz CT molecular complexity index is 1530. The van der Waals surface area contributed by atoms with Gasteiger partial charge in [0.05, 0.1) is 23.8 Å². The Morgan fingerprint density at radius 1 is 1.05 bits per heavy atom. The van der Waals surface area contributed by atoms with E-state index in [9.17, 15) is 27.9 Å². The van der Waals surface area contributed by atoms with E-state index in [0.29, 0.717) is 36.0 Å². The number of aliphatic carboxylic acids is 1. The fourth-order valence-electron chi connectivity index (χ4n) is 4.80. The van der Waals surface area contributed by atoms with Crippen LogP contribution >= 0.6 is 0 Å². The molecule has 1 aliphatic heterocycles. The highest BCUT2D eigenvalue weighted by Crippen LogP contribution is 2.38. The first kappa shape index (κ1) is 27.0. The van der Waals surface area contributed by atoms with E-state index < -0.39 is 35.6 Å². The molecule has 0 unspecified atom stereocenters. The number of aryl methyl sites for hydroxylation is 1. The fraction of sp³-hybridized carbons (Fsp3) is 0.233. The third-order valence-corrected chi connectivity index (χ3v) is 6.79. The summed E-state index contributed by atoms with van der Waals surface area (Å²) in [5.74, 6) is -0.981. The minimum absolute atomic E-state index is 0.0980. The lowest BCUT2D eigenvalue weighted by atomic mass is 9.81. The second-order valence-corrected chi connectivity index (χ2v) is 9.48. The highest BCUT2D eigenvalue weighted by Gasteiger charge is 2.52. The van der Waals surface area contributed by atoms with E-state index in [1.54, 1.807) is 24.3 Å². The van der Waals surface area contributed by atoms with Crippen LogP contribution in [0.15, 0.2) is 83.3 Å². The Balaban J connectivity index is 1.23. The number of carboxylic acid groups (broad SMARTS) is 1. The van der Waals surface area contributed by atoms with Crippen LogP contribution in [0.25, 0.3) is 11.5 Å². The molecule has 7 nitrogen and oxygen atoms in total. The van der Waals surface area contributed by atoms with Crippen LogP contribution in [-0.4, -0.2) is 34.6 Å². The van der Waals surface area contributed by atoms with Gasteiger partial charge in [0.15, 0.2) is 0 Å². The van der Waals surface area contributed by atoms with E-state index in [0.717, 1.165) is 34.4 Å². The quantitative estimate of drug-likeness (QED) is 0.259. The molecule has 1 saturated heterocycles. The van der Waals surface area contributed by atoms with Crippen LogP contribution in [-0.2, 0) is 28.6 Å². The third kappa shape index (κ3) is 5.56. The fourth-order valence-corrected chi connectivity index (χ4v) is 4.80. The molecular formula is C30H25F3N2O5. The summed E-state index contributed by atoms with van der Waals surface area (Å²) in [6.07, 6.45) is -4.01. The minimum Gasteiger partial charge on any atom is -0.493 e. The molecule has 1 aliphatic rings. The summed E-state index contributed by atoms with van der Waals surface area (Å²) in [5, 5.41) is 9.78. The Morgan fingerprint density at radius 2 is 1.80 bits per heavy atom. The molecule has 10 heteroatoms. The number of halogens is 3. The number of carbonyl (C=O) groups excluding carboxylic acids is 1. The van der Waals surface area contributed by atoms with Gasteiger partial charge in [0.2, 0.25) is 11.8 Å². The summed E-state index contributed by atoms with van der Waals surface area (Å²) in [6, 6.07) is 19.4. The molecule has 1 fully saturated rings. The highest BCUT2D eigenvalue weighted by atomic mass is 19.4. The van der Waals surface area contributed by atoms with E-state index in [-0.39, 0.29) is 12.1 Å². The van der Waals surface area contributed by atoms with Crippen molar-refractivity contribution in [2.45, 2.75) is 32.0 Å². The van der Waals surface area contributed by atoms with Crippen molar-refractivity contribution in [1.29, 1.82) is 0 Å². The van der Waals surface area contributed by atoms with Gasteiger partial charge < -0.3 is 14.3 Å². The van der Waals surface area contributed by atoms with Crippen molar-refractivity contribution >= 4 is 17.6 Å². The Morgan fingerprint density at radius 3 is 2.52 bits per heavy atom. The van der Waals surface area contributed by atoms with Crippen LogP contribution in [0, 0.1) is 12.8 Å². The van der Waals surface area contributed by atoms with Crippen LogP contribution in [0.4, 0.5) is 18.9 Å². The zero-order valence-electron chi connectivity index (χ0n) is 21.4. The van der Waals surface area contributed by atoms with Crippen molar-refractivity contribution in [2.75, 3.05) is 11.5 Å². The summed E-state index contributed by atoms with van der Waals surface area (Å²) in [4.78, 5) is 30.4. The number of oxazole rings is 1. The smallest absolute Gasteiger partial charge is 0.416 e. The number of nitrogens with zero attached hydrogens (tertiary/aromatic N) is 2. The number of carboxylic acids is 1. The molecular weight excluding hydrogens is 525 g/mol.